The van der Waals surface area contributed by atoms with Crippen molar-refractivity contribution in [2.75, 3.05) is 17.4 Å². The number of carbonyl (C=O) groups excluding carboxylic acids is 1. The van der Waals surface area contributed by atoms with Crippen molar-refractivity contribution < 1.29 is 14.3 Å². The summed E-state index contributed by atoms with van der Waals surface area (Å²) in [7, 11) is 0. The van der Waals surface area contributed by atoms with Gasteiger partial charge in [-0.05, 0) is 66.6 Å². The summed E-state index contributed by atoms with van der Waals surface area (Å²) in [5.74, 6) is 1.67. The molecule has 0 aromatic heterocycles. The first kappa shape index (κ1) is 18.1. The summed E-state index contributed by atoms with van der Waals surface area (Å²) in [5, 5.41) is 7.26. The number of hydrogen-bond acceptors (Lipinski definition) is 5. The zero-order valence-corrected chi connectivity index (χ0v) is 17.3. The van der Waals surface area contributed by atoms with Crippen molar-refractivity contribution in [1.29, 1.82) is 0 Å². The van der Waals surface area contributed by atoms with Gasteiger partial charge in [0.2, 0.25) is 6.79 Å². The largest absolute Gasteiger partial charge is 0.454 e. The molecule has 2 heterocycles. The van der Waals surface area contributed by atoms with E-state index in [2.05, 4.69) is 50.5 Å². The summed E-state index contributed by atoms with van der Waals surface area (Å²) in [6.45, 7) is 8.78. The van der Waals surface area contributed by atoms with Crippen LogP contribution in [0, 0.1) is 19.3 Å². The number of rotatable bonds is 1. The maximum Gasteiger partial charge on any atom is 0.231 e. The SMILES string of the molecule is Cc1cc2c(cc1C)NC(c1ccc3c(c1)OCO3)C1=C(CC(C)(C)CC1=O)N2. The number of ether oxygens (including phenoxy) is 2. The van der Waals surface area contributed by atoms with Crippen molar-refractivity contribution in [2.24, 2.45) is 5.41 Å². The zero-order chi connectivity index (χ0) is 20.3. The van der Waals surface area contributed by atoms with E-state index in [9.17, 15) is 4.79 Å². The minimum absolute atomic E-state index is 0.0629. The van der Waals surface area contributed by atoms with E-state index in [4.69, 9.17) is 9.47 Å². The molecule has 150 valence electrons. The van der Waals surface area contributed by atoms with E-state index in [1.54, 1.807) is 0 Å². The van der Waals surface area contributed by atoms with Crippen LogP contribution in [0.25, 0.3) is 0 Å². The Morgan fingerprint density at radius 3 is 2.48 bits per heavy atom. The Hall–Kier alpha value is -2.95. The van der Waals surface area contributed by atoms with E-state index in [1.807, 2.05) is 18.2 Å². The molecule has 0 spiro atoms. The maximum absolute atomic E-state index is 13.3. The fourth-order valence-corrected chi connectivity index (χ4v) is 4.55. The van der Waals surface area contributed by atoms with Gasteiger partial charge in [0.15, 0.2) is 17.3 Å². The second-order valence-electron chi connectivity index (χ2n) is 9.13. The molecular weight excluding hydrogens is 364 g/mol. The number of hydrogen-bond donors (Lipinski definition) is 2. The standard InChI is InChI=1S/C24H26N2O3/c1-13-7-16-17(8-14(13)2)26-23(15-5-6-20-21(9-15)29-12-28-20)22-18(25-16)10-24(3,4)11-19(22)27/h5-9,23,25-26H,10-12H2,1-4H3. The molecule has 3 aliphatic rings. The van der Waals surface area contributed by atoms with Crippen LogP contribution < -0.4 is 20.1 Å². The monoisotopic (exact) mass is 390 g/mol. The number of ketones is 1. The molecule has 5 rings (SSSR count). The first-order valence-corrected chi connectivity index (χ1v) is 10.1. The lowest BCUT2D eigenvalue weighted by molar-refractivity contribution is -0.118. The first-order chi connectivity index (χ1) is 13.8. The molecule has 5 nitrogen and oxygen atoms in total. The third kappa shape index (κ3) is 3.05. The van der Waals surface area contributed by atoms with Crippen molar-refractivity contribution in [1.82, 2.24) is 0 Å². The van der Waals surface area contributed by atoms with Gasteiger partial charge < -0.3 is 20.1 Å². The van der Waals surface area contributed by atoms with Gasteiger partial charge in [0, 0.05) is 17.7 Å². The summed E-state index contributed by atoms with van der Waals surface area (Å²) in [4.78, 5) is 13.3. The molecule has 5 heteroatoms. The van der Waals surface area contributed by atoms with Gasteiger partial charge in [0.1, 0.15) is 0 Å². The lowest BCUT2D eigenvalue weighted by atomic mass is 9.73. The van der Waals surface area contributed by atoms with Gasteiger partial charge in [-0.15, -0.1) is 0 Å². The quantitative estimate of drug-likeness (QED) is 0.696. The smallest absolute Gasteiger partial charge is 0.231 e. The highest BCUT2D eigenvalue weighted by molar-refractivity contribution is 6.01. The van der Waals surface area contributed by atoms with Crippen LogP contribution in [0.15, 0.2) is 41.6 Å². The van der Waals surface area contributed by atoms with E-state index in [0.717, 1.165) is 46.1 Å². The molecule has 1 unspecified atom stereocenters. The molecule has 0 fully saturated rings. The Kier molecular flexibility index (Phi) is 3.92. The van der Waals surface area contributed by atoms with E-state index >= 15 is 0 Å². The van der Waals surface area contributed by atoms with Crippen LogP contribution in [-0.2, 0) is 4.79 Å². The van der Waals surface area contributed by atoms with Gasteiger partial charge in [-0.1, -0.05) is 19.9 Å². The predicted octanol–water partition coefficient (Wildman–Crippen LogP) is 5.25. The average Bonchev–Trinajstić information content (AvgIpc) is 3.05. The molecular formula is C24H26N2O3. The van der Waals surface area contributed by atoms with Crippen LogP contribution in [0.3, 0.4) is 0 Å². The summed E-state index contributed by atoms with van der Waals surface area (Å²) < 4.78 is 11.1. The fourth-order valence-electron chi connectivity index (χ4n) is 4.55. The van der Waals surface area contributed by atoms with Crippen molar-refractivity contribution in [3.63, 3.8) is 0 Å². The van der Waals surface area contributed by atoms with Crippen LogP contribution in [0.4, 0.5) is 11.4 Å². The Morgan fingerprint density at radius 2 is 1.69 bits per heavy atom. The van der Waals surface area contributed by atoms with Gasteiger partial charge in [-0.25, -0.2) is 0 Å². The Morgan fingerprint density at radius 1 is 0.966 bits per heavy atom. The highest BCUT2D eigenvalue weighted by Gasteiger charge is 2.39. The first-order valence-electron chi connectivity index (χ1n) is 10.1. The molecule has 1 atom stereocenters. The van der Waals surface area contributed by atoms with Crippen LogP contribution in [-0.4, -0.2) is 12.6 Å². The normalized spacial score (nSPS) is 21.7. The Bertz CT molecular complexity index is 1070. The highest BCUT2D eigenvalue weighted by atomic mass is 16.7. The van der Waals surface area contributed by atoms with E-state index in [0.29, 0.717) is 6.42 Å². The van der Waals surface area contributed by atoms with Crippen molar-refractivity contribution in [3.05, 3.63) is 58.3 Å². The molecule has 0 saturated heterocycles. The molecule has 0 radical (unpaired) electrons. The Labute approximate surface area is 171 Å². The predicted molar refractivity (Wildman–Crippen MR) is 114 cm³/mol. The third-order valence-corrected chi connectivity index (χ3v) is 6.16. The van der Waals surface area contributed by atoms with Crippen LogP contribution in [0.5, 0.6) is 11.5 Å². The number of benzene rings is 2. The van der Waals surface area contributed by atoms with E-state index in [-0.39, 0.29) is 24.0 Å². The van der Waals surface area contributed by atoms with Crippen molar-refractivity contribution in [3.8, 4) is 11.5 Å². The van der Waals surface area contributed by atoms with Crippen molar-refractivity contribution >= 4 is 17.2 Å². The lowest BCUT2D eigenvalue weighted by Crippen LogP contribution is -2.31. The average molecular weight is 390 g/mol. The molecule has 0 amide bonds. The number of carbonyl (C=O) groups is 1. The lowest BCUT2D eigenvalue weighted by Gasteiger charge is -2.34. The summed E-state index contributed by atoms with van der Waals surface area (Å²) in [6.07, 6.45) is 1.38. The fraction of sp³-hybridized carbons (Fsp3) is 0.375. The molecule has 0 bridgehead atoms. The van der Waals surface area contributed by atoms with Crippen LogP contribution in [0.1, 0.15) is 49.4 Å². The molecule has 1 aliphatic carbocycles. The molecule has 29 heavy (non-hydrogen) atoms. The molecule has 2 aliphatic heterocycles. The summed E-state index contributed by atoms with van der Waals surface area (Å²) in [5.41, 5.74) is 7.26. The number of fused-ring (bicyclic) bond motifs is 2. The number of nitrogens with one attached hydrogen (secondary N) is 2. The number of aryl methyl sites for hydroxylation is 2. The van der Waals surface area contributed by atoms with Gasteiger partial charge >= 0.3 is 0 Å². The number of Topliss-reactive ketones (excluding diaryl/α,β-unsaturated/α-hetero) is 1. The second-order valence-corrected chi connectivity index (χ2v) is 9.13. The molecule has 2 aromatic carbocycles. The zero-order valence-electron chi connectivity index (χ0n) is 17.3. The molecule has 0 saturated carbocycles. The minimum Gasteiger partial charge on any atom is -0.454 e. The van der Waals surface area contributed by atoms with Crippen LogP contribution >= 0.6 is 0 Å². The number of anilines is 2. The Balaban J connectivity index is 1.68. The van der Waals surface area contributed by atoms with Gasteiger partial charge in [-0.2, -0.15) is 0 Å². The summed E-state index contributed by atoms with van der Waals surface area (Å²) >= 11 is 0. The molecule has 2 aromatic rings. The van der Waals surface area contributed by atoms with Crippen LogP contribution in [0.2, 0.25) is 0 Å². The van der Waals surface area contributed by atoms with Gasteiger partial charge in [0.05, 0.1) is 17.4 Å². The van der Waals surface area contributed by atoms with Gasteiger partial charge in [0.25, 0.3) is 0 Å². The third-order valence-electron chi connectivity index (χ3n) is 6.16. The van der Waals surface area contributed by atoms with Gasteiger partial charge in [-0.3, -0.25) is 4.79 Å². The van der Waals surface area contributed by atoms with Crippen molar-refractivity contribution in [2.45, 2.75) is 46.6 Å². The van der Waals surface area contributed by atoms with E-state index in [1.165, 1.54) is 11.1 Å². The number of allylic oxidation sites excluding steroid dienone is 1. The van der Waals surface area contributed by atoms with E-state index < -0.39 is 0 Å². The summed E-state index contributed by atoms with van der Waals surface area (Å²) in [6, 6.07) is 10.0. The minimum atomic E-state index is -0.237. The maximum atomic E-state index is 13.3. The highest BCUT2D eigenvalue weighted by Crippen LogP contribution is 2.47. The second kappa shape index (κ2) is 6.28. The molecule has 2 N–H and O–H groups in total. The topological polar surface area (TPSA) is 59.6 Å².